The van der Waals surface area contributed by atoms with Crippen molar-refractivity contribution in [3.05, 3.63) is 23.8 Å². The first-order valence-corrected chi connectivity index (χ1v) is 12.5. The summed E-state index contributed by atoms with van der Waals surface area (Å²) < 4.78 is 33.4. The summed E-state index contributed by atoms with van der Waals surface area (Å²) in [6.45, 7) is 1.87. The minimum atomic E-state index is -2.52. The van der Waals surface area contributed by atoms with Crippen molar-refractivity contribution in [3.63, 3.8) is 0 Å². The molecule has 0 unspecified atom stereocenters. The SMILES string of the molecule is OC1CCC(c2cnc(OC3CCNCC3)c3cnc(CC4CCC(F)(F)CC4)nc23)CC1. The zero-order chi connectivity index (χ0) is 22.8. The Morgan fingerprint density at radius 1 is 0.970 bits per heavy atom. The number of hydrogen-bond donors (Lipinski definition) is 2. The molecule has 180 valence electrons. The van der Waals surface area contributed by atoms with Crippen LogP contribution in [-0.2, 0) is 6.42 Å². The molecule has 2 aromatic rings. The molecule has 0 spiro atoms. The number of ether oxygens (including phenoxy) is 1. The van der Waals surface area contributed by atoms with Crippen molar-refractivity contribution in [3.8, 4) is 5.88 Å². The second-order valence-electron chi connectivity index (χ2n) is 10.1. The van der Waals surface area contributed by atoms with E-state index in [1.54, 1.807) is 0 Å². The Morgan fingerprint density at radius 2 is 1.70 bits per heavy atom. The van der Waals surface area contributed by atoms with Crippen molar-refractivity contribution < 1.29 is 18.6 Å². The van der Waals surface area contributed by atoms with Crippen LogP contribution in [0.2, 0.25) is 0 Å². The summed E-state index contributed by atoms with van der Waals surface area (Å²) in [5.74, 6) is -0.726. The molecule has 33 heavy (non-hydrogen) atoms. The Bertz CT molecular complexity index is 949. The lowest BCUT2D eigenvalue weighted by molar-refractivity contribution is -0.0458. The molecule has 2 aromatic heterocycles. The van der Waals surface area contributed by atoms with Gasteiger partial charge in [-0.15, -0.1) is 0 Å². The van der Waals surface area contributed by atoms with E-state index in [1.165, 1.54) is 0 Å². The van der Waals surface area contributed by atoms with E-state index in [0.717, 1.165) is 68.1 Å². The van der Waals surface area contributed by atoms with Crippen molar-refractivity contribution in [2.45, 2.75) is 94.7 Å². The highest BCUT2D eigenvalue weighted by atomic mass is 19.3. The van der Waals surface area contributed by atoms with Gasteiger partial charge < -0.3 is 15.2 Å². The van der Waals surface area contributed by atoms with E-state index in [0.29, 0.717) is 36.9 Å². The Morgan fingerprint density at radius 3 is 2.42 bits per heavy atom. The van der Waals surface area contributed by atoms with Gasteiger partial charge in [-0.2, -0.15) is 0 Å². The Balaban J connectivity index is 1.43. The van der Waals surface area contributed by atoms with Gasteiger partial charge in [0.25, 0.3) is 0 Å². The molecule has 1 saturated heterocycles. The molecule has 3 fully saturated rings. The smallest absolute Gasteiger partial charge is 0.248 e. The lowest BCUT2D eigenvalue weighted by Crippen LogP contribution is -2.34. The monoisotopic (exact) mass is 460 g/mol. The van der Waals surface area contributed by atoms with Crippen LogP contribution in [0.1, 0.15) is 81.5 Å². The minimum absolute atomic E-state index is 0.0426. The molecule has 2 aliphatic carbocycles. The van der Waals surface area contributed by atoms with Crippen LogP contribution in [0.25, 0.3) is 10.9 Å². The zero-order valence-corrected chi connectivity index (χ0v) is 19.1. The van der Waals surface area contributed by atoms with Gasteiger partial charge in [-0.25, -0.2) is 23.7 Å². The molecule has 0 atom stereocenters. The first-order valence-electron chi connectivity index (χ1n) is 12.5. The molecule has 0 bridgehead atoms. The Kier molecular flexibility index (Phi) is 6.74. The predicted molar refractivity (Wildman–Crippen MR) is 122 cm³/mol. The molecule has 0 aromatic carbocycles. The van der Waals surface area contributed by atoms with E-state index >= 15 is 0 Å². The Hall–Kier alpha value is -1.93. The maximum absolute atomic E-state index is 13.6. The molecule has 0 amide bonds. The molecular formula is C25H34F2N4O2. The highest BCUT2D eigenvalue weighted by Gasteiger charge is 2.35. The van der Waals surface area contributed by atoms with Crippen LogP contribution in [0.4, 0.5) is 8.78 Å². The van der Waals surface area contributed by atoms with E-state index in [4.69, 9.17) is 9.72 Å². The van der Waals surface area contributed by atoms with Crippen molar-refractivity contribution in [1.82, 2.24) is 20.3 Å². The summed E-state index contributed by atoms with van der Waals surface area (Å²) in [4.78, 5) is 14.3. The first-order chi connectivity index (χ1) is 16.0. The first kappa shape index (κ1) is 22.8. The number of aliphatic hydroxyl groups excluding tert-OH is 1. The van der Waals surface area contributed by atoms with Gasteiger partial charge in [-0.1, -0.05) is 0 Å². The van der Waals surface area contributed by atoms with E-state index in [2.05, 4.69) is 15.3 Å². The number of aliphatic hydroxyl groups is 1. The van der Waals surface area contributed by atoms with Crippen molar-refractivity contribution in [2.24, 2.45) is 5.92 Å². The van der Waals surface area contributed by atoms with Gasteiger partial charge in [0, 0.05) is 37.2 Å². The fourth-order valence-electron chi connectivity index (χ4n) is 5.57. The number of aromatic nitrogens is 3. The zero-order valence-electron chi connectivity index (χ0n) is 19.1. The number of fused-ring (bicyclic) bond motifs is 1. The van der Waals surface area contributed by atoms with Gasteiger partial charge in [0.15, 0.2) is 0 Å². The van der Waals surface area contributed by atoms with E-state index in [1.807, 2.05) is 12.4 Å². The predicted octanol–water partition coefficient (Wildman–Crippen LogP) is 4.54. The van der Waals surface area contributed by atoms with E-state index < -0.39 is 5.92 Å². The molecule has 8 heteroatoms. The number of piperidine rings is 1. The molecule has 3 heterocycles. The topological polar surface area (TPSA) is 80.2 Å². The number of nitrogens with one attached hydrogen (secondary N) is 1. The van der Waals surface area contributed by atoms with Gasteiger partial charge in [0.05, 0.1) is 17.0 Å². The molecule has 0 radical (unpaired) electrons. The van der Waals surface area contributed by atoms with Gasteiger partial charge >= 0.3 is 0 Å². The molecule has 2 saturated carbocycles. The van der Waals surface area contributed by atoms with Crippen LogP contribution in [0.3, 0.4) is 0 Å². The minimum Gasteiger partial charge on any atom is -0.474 e. The van der Waals surface area contributed by atoms with E-state index in [9.17, 15) is 13.9 Å². The molecule has 6 nitrogen and oxygen atoms in total. The third-order valence-electron chi connectivity index (χ3n) is 7.67. The van der Waals surface area contributed by atoms with Crippen LogP contribution < -0.4 is 10.1 Å². The molecule has 5 rings (SSSR count). The van der Waals surface area contributed by atoms with Gasteiger partial charge in [0.2, 0.25) is 11.8 Å². The number of rotatable bonds is 5. The maximum Gasteiger partial charge on any atom is 0.248 e. The lowest BCUT2D eigenvalue weighted by atomic mass is 9.82. The third-order valence-corrected chi connectivity index (χ3v) is 7.67. The van der Waals surface area contributed by atoms with Crippen LogP contribution in [0.15, 0.2) is 12.4 Å². The molecule has 3 aliphatic rings. The number of pyridine rings is 1. The second-order valence-corrected chi connectivity index (χ2v) is 10.1. The standard InChI is InChI=1S/C25H34F2N4O2/c26-25(27)9-5-16(6-10-25)13-22-29-15-21-23(31-22)20(17-1-3-18(32)4-2-17)14-30-24(21)33-19-7-11-28-12-8-19/h14-19,28,32H,1-13H2. The van der Waals surface area contributed by atoms with Crippen LogP contribution in [0.5, 0.6) is 5.88 Å². The normalized spacial score (nSPS) is 27.0. The van der Waals surface area contributed by atoms with Crippen LogP contribution in [-0.4, -0.2) is 51.3 Å². The summed E-state index contributed by atoms with van der Waals surface area (Å²) in [6.07, 6.45) is 10.5. The van der Waals surface area contributed by atoms with E-state index in [-0.39, 0.29) is 31.0 Å². The molecular weight excluding hydrogens is 426 g/mol. The summed E-state index contributed by atoms with van der Waals surface area (Å²) in [7, 11) is 0. The number of hydrogen-bond acceptors (Lipinski definition) is 6. The quantitative estimate of drug-likeness (QED) is 0.682. The fraction of sp³-hybridized carbons (Fsp3) is 0.720. The largest absolute Gasteiger partial charge is 0.474 e. The highest BCUT2D eigenvalue weighted by Crippen LogP contribution is 2.39. The lowest BCUT2D eigenvalue weighted by Gasteiger charge is -2.28. The van der Waals surface area contributed by atoms with Gasteiger partial charge in [-0.05, 0) is 76.3 Å². The average molecular weight is 461 g/mol. The van der Waals surface area contributed by atoms with Crippen LogP contribution in [0, 0.1) is 5.92 Å². The number of nitrogens with zero attached hydrogens (tertiary/aromatic N) is 3. The molecule has 2 N–H and O–H groups in total. The maximum atomic E-state index is 13.6. The second kappa shape index (κ2) is 9.74. The van der Waals surface area contributed by atoms with Crippen molar-refractivity contribution in [1.29, 1.82) is 0 Å². The fourth-order valence-corrected chi connectivity index (χ4v) is 5.57. The summed E-state index contributed by atoms with van der Waals surface area (Å²) in [6, 6.07) is 0. The van der Waals surface area contributed by atoms with Gasteiger partial charge in [-0.3, -0.25) is 0 Å². The summed E-state index contributed by atoms with van der Waals surface area (Å²) in [5.41, 5.74) is 1.97. The average Bonchev–Trinajstić information content (AvgIpc) is 2.82. The van der Waals surface area contributed by atoms with Crippen LogP contribution >= 0.6 is 0 Å². The highest BCUT2D eigenvalue weighted by molar-refractivity contribution is 5.85. The molecule has 1 aliphatic heterocycles. The van der Waals surface area contributed by atoms with Crippen molar-refractivity contribution in [2.75, 3.05) is 13.1 Å². The summed E-state index contributed by atoms with van der Waals surface area (Å²) >= 11 is 0. The third kappa shape index (κ3) is 5.43. The number of alkyl halides is 2. The number of halogens is 2. The Labute approximate surface area is 193 Å². The van der Waals surface area contributed by atoms with Gasteiger partial charge in [0.1, 0.15) is 11.9 Å². The summed E-state index contributed by atoms with van der Waals surface area (Å²) in [5, 5.41) is 14.1. The van der Waals surface area contributed by atoms with Crippen molar-refractivity contribution >= 4 is 10.9 Å².